The quantitative estimate of drug-likeness (QED) is 0.746. The summed E-state index contributed by atoms with van der Waals surface area (Å²) in [6, 6.07) is 3.89. The number of hydrogen-bond acceptors (Lipinski definition) is 4. The summed E-state index contributed by atoms with van der Waals surface area (Å²) >= 11 is 1.60. The van der Waals surface area contributed by atoms with E-state index < -0.39 is 5.41 Å². The molecule has 5 nitrogen and oxygen atoms in total. The van der Waals surface area contributed by atoms with Gasteiger partial charge in [0.05, 0.1) is 10.2 Å². The standard InChI is InChI=1S/C16H19N3O2S/c1-5-14-17-18(9-13(20)16(2,3)4)15(21)11-8-12-10(19(11)14)6-7-22-12/h6-8H,5,9H2,1-4H3. The lowest BCUT2D eigenvalue weighted by molar-refractivity contribution is -0.127. The third-order valence-corrected chi connectivity index (χ3v) is 4.67. The Kier molecular flexibility index (Phi) is 3.44. The van der Waals surface area contributed by atoms with Gasteiger partial charge in [0.2, 0.25) is 0 Å². The molecule has 0 aromatic carbocycles. The second kappa shape index (κ2) is 5.05. The zero-order valence-corrected chi connectivity index (χ0v) is 14.0. The molecule has 3 heterocycles. The molecule has 116 valence electrons. The highest BCUT2D eigenvalue weighted by molar-refractivity contribution is 7.17. The summed E-state index contributed by atoms with van der Waals surface area (Å²) in [6.07, 6.45) is 0.695. The Morgan fingerprint density at radius 2 is 2.05 bits per heavy atom. The monoisotopic (exact) mass is 317 g/mol. The van der Waals surface area contributed by atoms with Crippen LogP contribution in [0.15, 0.2) is 22.3 Å². The van der Waals surface area contributed by atoms with Gasteiger partial charge >= 0.3 is 0 Å². The predicted octanol–water partition coefficient (Wildman–Crippen LogP) is 2.89. The molecular formula is C16H19N3O2S. The number of Topliss-reactive ketones (excluding diaryl/α,β-unsaturated/α-hetero) is 1. The molecule has 3 rings (SSSR count). The van der Waals surface area contributed by atoms with Crippen molar-refractivity contribution < 1.29 is 4.79 Å². The van der Waals surface area contributed by atoms with E-state index in [1.807, 2.05) is 49.6 Å². The molecule has 0 aliphatic heterocycles. The highest BCUT2D eigenvalue weighted by atomic mass is 32.1. The molecule has 6 heteroatoms. The average molecular weight is 317 g/mol. The first-order chi connectivity index (χ1) is 10.3. The summed E-state index contributed by atoms with van der Waals surface area (Å²) in [5, 5.41) is 6.43. The van der Waals surface area contributed by atoms with E-state index in [2.05, 4.69) is 5.10 Å². The molecule has 0 bridgehead atoms. The largest absolute Gasteiger partial charge is 0.297 e. The number of aryl methyl sites for hydroxylation is 1. The summed E-state index contributed by atoms with van der Waals surface area (Å²) in [5.74, 6) is 0.798. The lowest BCUT2D eigenvalue weighted by Crippen LogP contribution is -2.34. The fraction of sp³-hybridized carbons (Fsp3) is 0.438. The molecule has 0 atom stereocenters. The van der Waals surface area contributed by atoms with E-state index in [0.29, 0.717) is 11.9 Å². The summed E-state index contributed by atoms with van der Waals surface area (Å²) in [7, 11) is 0. The Morgan fingerprint density at radius 3 is 2.68 bits per heavy atom. The fourth-order valence-corrected chi connectivity index (χ4v) is 3.24. The molecule has 0 saturated heterocycles. The summed E-state index contributed by atoms with van der Waals surface area (Å²) in [6.45, 7) is 7.58. The molecule has 0 fully saturated rings. The topological polar surface area (TPSA) is 56.4 Å². The fourth-order valence-electron chi connectivity index (χ4n) is 2.43. The van der Waals surface area contributed by atoms with Crippen molar-refractivity contribution in [2.45, 2.75) is 40.7 Å². The predicted molar refractivity (Wildman–Crippen MR) is 88.7 cm³/mol. The molecule has 0 N–H and O–H groups in total. The van der Waals surface area contributed by atoms with Crippen LogP contribution in [-0.2, 0) is 17.8 Å². The molecule has 0 aliphatic rings. The zero-order chi connectivity index (χ0) is 16.1. The molecule has 22 heavy (non-hydrogen) atoms. The van der Waals surface area contributed by atoms with Crippen LogP contribution in [0.1, 0.15) is 33.5 Å². The Balaban J connectivity index is 2.23. The van der Waals surface area contributed by atoms with Crippen LogP contribution < -0.4 is 5.56 Å². The van der Waals surface area contributed by atoms with Gasteiger partial charge in [-0.2, -0.15) is 5.10 Å². The van der Waals surface area contributed by atoms with E-state index >= 15 is 0 Å². The third-order valence-electron chi connectivity index (χ3n) is 3.82. The highest BCUT2D eigenvalue weighted by Gasteiger charge is 2.23. The van der Waals surface area contributed by atoms with Crippen molar-refractivity contribution in [1.29, 1.82) is 0 Å². The molecule has 0 saturated carbocycles. The van der Waals surface area contributed by atoms with Crippen molar-refractivity contribution in [3.63, 3.8) is 0 Å². The lowest BCUT2D eigenvalue weighted by Gasteiger charge is -2.17. The molecular weight excluding hydrogens is 298 g/mol. The molecule has 0 unspecified atom stereocenters. The number of hydrogen-bond donors (Lipinski definition) is 0. The van der Waals surface area contributed by atoms with Crippen molar-refractivity contribution in [2.75, 3.05) is 0 Å². The van der Waals surface area contributed by atoms with Crippen LogP contribution in [0.5, 0.6) is 0 Å². The van der Waals surface area contributed by atoms with Crippen LogP contribution in [0.25, 0.3) is 15.7 Å². The zero-order valence-electron chi connectivity index (χ0n) is 13.2. The van der Waals surface area contributed by atoms with Crippen molar-refractivity contribution >= 4 is 32.9 Å². The van der Waals surface area contributed by atoms with Crippen LogP contribution in [0.2, 0.25) is 0 Å². The molecule has 3 aromatic heterocycles. The van der Waals surface area contributed by atoms with Gasteiger partial charge in [0.1, 0.15) is 17.9 Å². The second-order valence-corrected chi connectivity index (χ2v) is 7.39. The van der Waals surface area contributed by atoms with E-state index in [1.54, 1.807) is 11.3 Å². The van der Waals surface area contributed by atoms with Gasteiger partial charge in [0.25, 0.3) is 5.56 Å². The van der Waals surface area contributed by atoms with Crippen molar-refractivity contribution in [1.82, 2.24) is 14.2 Å². The number of fused-ring (bicyclic) bond motifs is 3. The maximum Gasteiger partial charge on any atom is 0.291 e. The summed E-state index contributed by atoms with van der Waals surface area (Å²) < 4.78 is 4.28. The Morgan fingerprint density at radius 1 is 1.32 bits per heavy atom. The molecule has 3 aromatic rings. The van der Waals surface area contributed by atoms with E-state index in [-0.39, 0.29) is 17.9 Å². The van der Waals surface area contributed by atoms with Gasteiger partial charge in [-0.25, -0.2) is 4.68 Å². The minimum absolute atomic E-state index is 0.00173. The highest BCUT2D eigenvalue weighted by Crippen LogP contribution is 2.24. The van der Waals surface area contributed by atoms with Crippen molar-refractivity contribution in [3.8, 4) is 0 Å². The summed E-state index contributed by atoms with van der Waals surface area (Å²) in [4.78, 5) is 24.9. The third kappa shape index (κ3) is 2.27. The van der Waals surface area contributed by atoms with Gasteiger partial charge in [-0.3, -0.25) is 14.0 Å². The Hall–Kier alpha value is -1.95. The first kappa shape index (κ1) is 15.0. The lowest BCUT2D eigenvalue weighted by atomic mass is 9.91. The van der Waals surface area contributed by atoms with Crippen LogP contribution in [-0.4, -0.2) is 20.0 Å². The number of rotatable bonds is 3. The van der Waals surface area contributed by atoms with Crippen molar-refractivity contribution in [3.05, 3.63) is 33.7 Å². The van der Waals surface area contributed by atoms with Crippen LogP contribution in [0, 0.1) is 5.41 Å². The summed E-state index contributed by atoms with van der Waals surface area (Å²) in [5.41, 5.74) is 0.909. The van der Waals surface area contributed by atoms with Gasteiger partial charge in [-0.1, -0.05) is 27.7 Å². The second-order valence-electron chi connectivity index (χ2n) is 6.44. The number of aromatic nitrogens is 3. The van der Waals surface area contributed by atoms with E-state index in [9.17, 15) is 9.59 Å². The number of carbonyl (C=O) groups is 1. The Bertz CT molecular complexity index is 925. The van der Waals surface area contributed by atoms with Crippen LogP contribution in [0.4, 0.5) is 0 Å². The maximum atomic E-state index is 12.7. The minimum Gasteiger partial charge on any atom is -0.297 e. The van der Waals surface area contributed by atoms with Gasteiger partial charge in [0.15, 0.2) is 5.78 Å². The number of thiophene rings is 1. The molecule has 0 aliphatic carbocycles. The number of nitrogens with zero attached hydrogens (tertiary/aromatic N) is 3. The first-order valence-corrected chi connectivity index (χ1v) is 8.23. The average Bonchev–Trinajstić information content (AvgIpc) is 3.01. The van der Waals surface area contributed by atoms with Gasteiger partial charge in [-0.05, 0) is 17.5 Å². The normalized spacial score (nSPS) is 12.4. The van der Waals surface area contributed by atoms with Crippen LogP contribution in [0.3, 0.4) is 0 Å². The van der Waals surface area contributed by atoms with E-state index in [1.165, 1.54) is 4.68 Å². The number of carbonyl (C=O) groups excluding carboxylic acids is 1. The molecule has 0 amide bonds. The van der Waals surface area contributed by atoms with Gasteiger partial charge < -0.3 is 0 Å². The first-order valence-electron chi connectivity index (χ1n) is 7.35. The Labute approximate surface area is 132 Å². The SMILES string of the molecule is CCc1nn(CC(=O)C(C)(C)C)c(=O)c2cc3sccc3n12. The number of ketones is 1. The smallest absolute Gasteiger partial charge is 0.291 e. The van der Waals surface area contributed by atoms with Crippen molar-refractivity contribution in [2.24, 2.45) is 5.41 Å². The maximum absolute atomic E-state index is 12.7. The van der Waals surface area contributed by atoms with E-state index in [0.717, 1.165) is 16.0 Å². The van der Waals surface area contributed by atoms with Gasteiger partial charge in [0, 0.05) is 11.8 Å². The van der Waals surface area contributed by atoms with Gasteiger partial charge in [-0.15, -0.1) is 11.3 Å². The van der Waals surface area contributed by atoms with E-state index in [4.69, 9.17) is 0 Å². The minimum atomic E-state index is -0.484. The van der Waals surface area contributed by atoms with Crippen LogP contribution >= 0.6 is 11.3 Å². The molecule has 0 spiro atoms. The molecule has 0 radical (unpaired) electrons.